The average Bonchev–Trinajstić information content (AvgIpc) is 2.46. The molecule has 5 heteroatoms. The minimum atomic E-state index is -0.921. The van der Waals surface area contributed by atoms with Crippen LogP contribution in [-0.4, -0.2) is 16.1 Å². The van der Waals surface area contributed by atoms with Gasteiger partial charge in [-0.2, -0.15) is 0 Å². The highest BCUT2D eigenvalue weighted by Gasteiger charge is 2.08. The van der Waals surface area contributed by atoms with Crippen LogP contribution < -0.4 is 5.32 Å². The molecular formula is C15H15BrN2O2. The van der Waals surface area contributed by atoms with Crippen molar-refractivity contribution in [2.45, 2.75) is 19.5 Å². The van der Waals surface area contributed by atoms with Crippen molar-refractivity contribution in [1.29, 1.82) is 0 Å². The molecule has 1 aromatic heterocycles. The van der Waals surface area contributed by atoms with Crippen molar-refractivity contribution in [1.82, 2.24) is 10.3 Å². The van der Waals surface area contributed by atoms with Gasteiger partial charge in [0.15, 0.2) is 0 Å². The van der Waals surface area contributed by atoms with Crippen molar-refractivity contribution < 1.29 is 9.90 Å². The number of aromatic nitrogens is 1. The van der Waals surface area contributed by atoms with Gasteiger partial charge in [0.05, 0.1) is 5.56 Å². The molecule has 4 nitrogen and oxygen atoms in total. The summed E-state index contributed by atoms with van der Waals surface area (Å²) in [6, 6.07) is 9.20. The number of benzene rings is 1. The number of nitrogens with one attached hydrogen (secondary N) is 1. The highest BCUT2D eigenvalue weighted by Crippen LogP contribution is 2.20. The normalized spacial score (nSPS) is 12.1. The quantitative estimate of drug-likeness (QED) is 0.879. The van der Waals surface area contributed by atoms with Crippen LogP contribution in [0.1, 0.15) is 34.5 Å². The maximum Gasteiger partial charge on any atom is 0.335 e. The van der Waals surface area contributed by atoms with Gasteiger partial charge in [-0.15, -0.1) is 0 Å². The molecule has 2 rings (SSSR count). The first-order chi connectivity index (χ1) is 9.58. The Labute approximate surface area is 126 Å². The summed E-state index contributed by atoms with van der Waals surface area (Å²) in [5.74, 6) is -0.921. The minimum Gasteiger partial charge on any atom is -0.478 e. The molecule has 0 fully saturated rings. The number of carboxylic acid groups (broad SMARTS) is 1. The number of aromatic carboxylic acids is 1. The molecule has 1 heterocycles. The second kappa shape index (κ2) is 6.63. The van der Waals surface area contributed by atoms with Crippen molar-refractivity contribution in [3.8, 4) is 0 Å². The summed E-state index contributed by atoms with van der Waals surface area (Å²) in [5, 5.41) is 12.3. The SMILES string of the molecule is CC(NCc1ccc(C(=O)O)cc1Br)c1ccncc1. The molecule has 0 amide bonds. The number of pyridine rings is 1. The molecule has 0 spiro atoms. The van der Waals surface area contributed by atoms with E-state index in [9.17, 15) is 4.79 Å². The number of hydrogen-bond donors (Lipinski definition) is 2. The smallest absolute Gasteiger partial charge is 0.335 e. The van der Waals surface area contributed by atoms with Gasteiger partial charge in [-0.25, -0.2) is 4.79 Å². The molecule has 104 valence electrons. The van der Waals surface area contributed by atoms with Gasteiger partial charge in [0.1, 0.15) is 0 Å². The van der Waals surface area contributed by atoms with E-state index < -0.39 is 5.97 Å². The van der Waals surface area contributed by atoms with Crippen LogP contribution in [0.5, 0.6) is 0 Å². The average molecular weight is 335 g/mol. The molecule has 20 heavy (non-hydrogen) atoms. The Hall–Kier alpha value is -1.72. The maximum atomic E-state index is 10.9. The van der Waals surface area contributed by atoms with Crippen LogP contribution >= 0.6 is 15.9 Å². The summed E-state index contributed by atoms with van der Waals surface area (Å²) in [4.78, 5) is 14.9. The summed E-state index contributed by atoms with van der Waals surface area (Å²) >= 11 is 3.41. The lowest BCUT2D eigenvalue weighted by molar-refractivity contribution is 0.0697. The van der Waals surface area contributed by atoms with E-state index >= 15 is 0 Å². The van der Waals surface area contributed by atoms with Crippen LogP contribution in [0, 0.1) is 0 Å². The molecule has 0 bridgehead atoms. The topological polar surface area (TPSA) is 62.2 Å². The standard InChI is InChI=1S/C15H15BrN2O2/c1-10(11-4-6-17-7-5-11)18-9-13-3-2-12(15(19)20)8-14(13)16/h2-8,10,18H,9H2,1H3,(H,19,20). The van der Waals surface area contributed by atoms with E-state index in [1.807, 2.05) is 18.2 Å². The van der Waals surface area contributed by atoms with Crippen LogP contribution in [-0.2, 0) is 6.54 Å². The van der Waals surface area contributed by atoms with Gasteiger partial charge in [0.25, 0.3) is 0 Å². The number of carboxylic acids is 1. The second-order valence-corrected chi connectivity index (χ2v) is 5.35. The van der Waals surface area contributed by atoms with Gasteiger partial charge in [-0.05, 0) is 42.3 Å². The van der Waals surface area contributed by atoms with Crippen molar-refractivity contribution in [3.63, 3.8) is 0 Å². The van der Waals surface area contributed by atoms with Gasteiger partial charge in [-0.1, -0.05) is 22.0 Å². The predicted octanol–water partition coefficient (Wildman–Crippen LogP) is 3.39. The number of halogens is 1. The summed E-state index contributed by atoms with van der Waals surface area (Å²) < 4.78 is 0.798. The van der Waals surface area contributed by atoms with E-state index in [1.54, 1.807) is 24.5 Å². The lowest BCUT2D eigenvalue weighted by atomic mass is 10.1. The van der Waals surface area contributed by atoms with E-state index in [2.05, 4.69) is 33.2 Å². The highest BCUT2D eigenvalue weighted by molar-refractivity contribution is 9.10. The van der Waals surface area contributed by atoms with E-state index in [0.29, 0.717) is 6.54 Å². The zero-order valence-electron chi connectivity index (χ0n) is 11.0. The van der Waals surface area contributed by atoms with Crippen molar-refractivity contribution in [2.24, 2.45) is 0 Å². The molecule has 1 atom stereocenters. The third-order valence-corrected chi connectivity index (χ3v) is 3.84. The zero-order valence-corrected chi connectivity index (χ0v) is 12.6. The lowest BCUT2D eigenvalue weighted by Gasteiger charge is -2.15. The van der Waals surface area contributed by atoms with E-state index in [0.717, 1.165) is 10.0 Å². The summed E-state index contributed by atoms with van der Waals surface area (Å²) in [6.07, 6.45) is 3.54. The first-order valence-corrected chi connectivity index (χ1v) is 7.02. The molecule has 2 aromatic rings. The van der Waals surface area contributed by atoms with E-state index in [-0.39, 0.29) is 11.6 Å². The Morgan fingerprint density at radius 3 is 2.65 bits per heavy atom. The van der Waals surface area contributed by atoms with Crippen LogP contribution in [0.3, 0.4) is 0 Å². The maximum absolute atomic E-state index is 10.9. The van der Waals surface area contributed by atoms with E-state index in [1.165, 1.54) is 5.56 Å². The molecule has 1 unspecified atom stereocenters. The largest absolute Gasteiger partial charge is 0.478 e. The van der Waals surface area contributed by atoms with Crippen LogP contribution in [0.4, 0.5) is 0 Å². The zero-order chi connectivity index (χ0) is 14.5. The molecule has 0 aliphatic rings. The molecule has 1 aromatic carbocycles. The Morgan fingerprint density at radius 2 is 2.05 bits per heavy atom. The Bertz CT molecular complexity index is 602. The predicted molar refractivity (Wildman–Crippen MR) is 80.6 cm³/mol. The molecule has 0 aliphatic carbocycles. The summed E-state index contributed by atoms with van der Waals surface area (Å²) in [7, 11) is 0. The number of hydrogen-bond acceptors (Lipinski definition) is 3. The van der Waals surface area contributed by atoms with E-state index in [4.69, 9.17) is 5.11 Å². The monoisotopic (exact) mass is 334 g/mol. The summed E-state index contributed by atoms with van der Waals surface area (Å²) in [5.41, 5.74) is 2.47. The van der Waals surface area contributed by atoms with Crippen molar-refractivity contribution in [3.05, 3.63) is 63.9 Å². The second-order valence-electron chi connectivity index (χ2n) is 4.49. The number of rotatable bonds is 5. The van der Waals surface area contributed by atoms with Gasteiger partial charge in [0.2, 0.25) is 0 Å². The first-order valence-electron chi connectivity index (χ1n) is 6.23. The lowest BCUT2D eigenvalue weighted by Crippen LogP contribution is -2.18. The van der Waals surface area contributed by atoms with Gasteiger partial charge in [-0.3, -0.25) is 4.98 Å². The molecule has 0 saturated carbocycles. The Morgan fingerprint density at radius 1 is 1.35 bits per heavy atom. The minimum absolute atomic E-state index is 0.198. The fourth-order valence-corrected chi connectivity index (χ4v) is 2.38. The fourth-order valence-electron chi connectivity index (χ4n) is 1.86. The van der Waals surface area contributed by atoms with Crippen LogP contribution in [0.25, 0.3) is 0 Å². The number of nitrogens with zero attached hydrogens (tertiary/aromatic N) is 1. The molecule has 0 radical (unpaired) electrons. The molecule has 0 aliphatic heterocycles. The fraction of sp³-hybridized carbons (Fsp3) is 0.200. The van der Waals surface area contributed by atoms with Gasteiger partial charge < -0.3 is 10.4 Å². The Balaban J connectivity index is 2.02. The van der Waals surface area contributed by atoms with Gasteiger partial charge >= 0.3 is 5.97 Å². The Kier molecular flexibility index (Phi) is 4.87. The molecule has 2 N–H and O–H groups in total. The number of carbonyl (C=O) groups is 1. The van der Waals surface area contributed by atoms with Gasteiger partial charge in [0, 0.05) is 29.5 Å². The first kappa shape index (κ1) is 14.7. The molecular weight excluding hydrogens is 320 g/mol. The highest BCUT2D eigenvalue weighted by atomic mass is 79.9. The molecule has 0 saturated heterocycles. The van der Waals surface area contributed by atoms with Crippen LogP contribution in [0.2, 0.25) is 0 Å². The third-order valence-electron chi connectivity index (χ3n) is 3.10. The third kappa shape index (κ3) is 3.65. The van der Waals surface area contributed by atoms with Crippen molar-refractivity contribution >= 4 is 21.9 Å². The summed E-state index contributed by atoms with van der Waals surface area (Å²) in [6.45, 7) is 2.73. The van der Waals surface area contributed by atoms with Crippen molar-refractivity contribution in [2.75, 3.05) is 0 Å². The van der Waals surface area contributed by atoms with Crippen LogP contribution in [0.15, 0.2) is 47.2 Å².